The molecule has 0 atom stereocenters. The van der Waals surface area contributed by atoms with Crippen LogP contribution in [0.5, 0.6) is 11.5 Å². The van der Waals surface area contributed by atoms with Crippen LogP contribution in [-0.2, 0) is 6.42 Å². The van der Waals surface area contributed by atoms with Crippen molar-refractivity contribution in [3.8, 4) is 11.5 Å². The van der Waals surface area contributed by atoms with Crippen LogP contribution in [0.4, 0.5) is 0 Å². The summed E-state index contributed by atoms with van der Waals surface area (Å²) in [4.78, 5) is 11.3. The maximum Gasteiger partial charge on any atom is 0.252 e. The fourth-order valence-electron chi connectivity index (χ4n) is 2.54. The van der Waals surface area contributed by atoms with Gasteiger partial charge in [0.05, 0.1) is 5.56 Å². The number of fused-ring (bicyclic) bond motifs is 1. The average Bonchev–Trinajstić information content (AvgIpc) is 2.46. The quantitative estimate of drug-likeness (QED) is 0.694. The van der Waals surface area contributed by atoms with E-state index in [1.54, 1.807) is 24.3 Å². The van der Waals surface area contributed by atoms with Crippen LogP contribution in [0.25, 0.3) is 10.8 Å². The normalized spacial score (nSPS) is 10.7. The fraction of sp³-hybridized carbons (Fsp3) is 0.0556. The summed E-state index contributed by atoms with van der Waals surface area (Å²) in [6.07, 6.45) is 0.664. The first kappa shape index (κ1) is 13.9. The van der Waals surface area contributed by atoms with Crippen molar-refractivity contribution in [3.63, 3.8) is 0 Å². The van der Waals surface area contributed by atoms with Gasteiger partial charge in [-0.05, 0) is 52.6 Å². The predicted molar refractivity (Wildman–Crippen MR) is 85.0 cm³/mol. The Labute approximate surface area is 127 Å². The van der Waals surface area contributed by atoms with E-state index in [0.717, 1.165) is 21.9 Å². The molecule has 22 heavy (non-hydrogen) atoms. The van der Waals surface area contributed by atoms with Crippen molar-refractivity contribution in [3.05, 3.63) is 71.3 Å². The molecule has 0 aromatic heterocycles. The summed E-state index contributed by atoms with van der Waals surface area (Å²) in [7, 11) is 0. The van der Waals surface area contributed by atoms with E-state index in [9.17, 15) is 15.0 Å². The minimum absolute atomic E-state index is 0.110. The molecule has 110 valence electrons. The zero-order valence-corrected chi connectivity index (χ0v) is 11.8. The Balaban J connectivity index is 2.01. The molecule has 0 heterocycles. The number of amides is 1. The number of rotatable bonds is 3. The highest BCUT2D eigenvalue weighted by molar-refractivity contribution is 6.00. The molecule has 0 bridgehead atoms. The van der Waals surface area contributed by atoms with Crippen molar-refractivity contribution >= 4 is 16.7 Å². The van der Waals surface area contributed by atoms with Gasteiger partial charge in [0, 0.05) is 0 Å². The molecular formula is C18H15NO3. The molecule has 4 heteroatoms. The Bertz CT molecular complexity index is 871. The molecule has 0 saturated heterocycles. The second kappa shape index (κ2) is 5.41. The number of hydrogen-bond acceptors (Lipinski definition) is 3. The molecular weight excluding hydrogens is 278 g/mol. The molecule has 0 fully saturated rings. The second-order valence-corrected chi connectivity index (χ2v) is 5.26. The largest absolute Gasteiger partial charge is 0.508 e. The number of hydrogen-bond donors (Lipinski definition) is 3. The van der Waals surface area contributed by atoms with Crippen molar-refractivity contribution in [1.82, 2.24) is 0 Å². The molecule has 3 aromatic carbocycles. The summed E-state index contributed by atoms with van der Waals surface area (Å²) in [6.45, 7) is 0. The second-order valence-electron chi connectivity index (χ2n) is 5.26. The number of phenols is 2. The number of nitrogens with two attached hydrogens (primary N) is 1. The van der Waals surface area contributed by atoms with Crippen LogP contribution < -0.4 is 5.73 Å². The van der Waals surface area contributed by atoms with Gasteiger partial charge in [0.1, 0.15) is 11.5 Å². The fourth-order valence-corrected chi connectivity index (χ4v) is 2.54. The lowest BCUT2D eigenvalue weighted by Crippen LogP contribution is -2.10. The van der Waals surface area contributed by atoms with Gasteiger partial charge in [-0.25, -0.2) is 0 Å². The lowest BCUT2D eigenvalue weighted by Gasteiger charge is -2.07. The summed E-state index contributed by atoms with van der Waals surface area (Å²) >= 11 is 0. The Morgan fingerprint density at radius 3 is 2.41 bits per heavy atom. The molecule has 0 aliphatic rings. The Kier molecular flexibility index (Phi) is 3.43. The van der Waals surface area contributed by atoms with Crippen molar-refractivity contribution in [1.29, 1.82) is 0 Å². The number of aromatic hydroxyl groups is 2. The molecule has 3 rings (SSSR count). The van der Waals surface area contributed by atoms with E-state index in [4.69, 9.17) is 5.73 Å². The third-order valence-corrected chi connectivity index (χ3v) is 3.60. The number of carbonyl (C=O) groups is 1. The van der Waals surface area contributed by atoms with Gasteiger partial charge in [0.15, 0.2) is 0 Å². The van der Waals surface area contributed by atoms with Crippen LogP contribution in [0.2, 0.25) is 0 Å². The van der Waals surface area contributed by atoms with E-state index in [-0.39, 0.29) is 17.1 Å². The van der Waals surface area contributed by atoms with E-state index in [1.807, 2.05) is 24.3 Å². The van der Waals surface area contributed by atoms with Gasteiger partial charge in [-0.1, -0.05) is 30.3 Å². The highest BCUT2D eigenvalue weighted by Gasteiger charge is 2.09. The minimum atomic E-state index is -0.655. The van der Waals surface area contributed by atoms with E-state index < -0.39 is 5.91 Å². The molecule has 0 spiro atoms. The van der Waals surface area contributed by atoms with Crippen molar-refractivity contribution in [2.75, 3.05) is 0 Å². The van der Waals surface area contributed by atoms with Gasteiger partial charge >= 0.3 is 0 Å². The topological polar surface area (TPSA) is 83.6 Å². The number of primary amides is 1. The molecule has 0 aliphatic heterocycles. The third-order valence-electron chi connectivity index (χ3n) is 3.60. The zero-order valence-electron chi connectivity index (χ0n) is 11.8. The highest BCUT2D eigenvalue weighted by atomic mass is 16.3. The first-order chi connectivity index (χ1) is 10.5. The van der Waals surface area contributed by atoms with Gasteiger partial charge in [-0.3, -0.25) is 4.79 Å². The number of carbonyl (C=O) groups excluding carboxylic acids is 1. The Morgan fingerprint density at radius 1 is 0.909 bits per heavy atom. The Morgan fingerprint density at radius 2 is 1.68 bits per heavy atom. The SMILES string of the molecule is NC(=O)c1cc2cc(Cc3cccc(O)c3)ccc2cc1O. The van der Waals surface area contributed by atoms with Crippen LogP contribution in [0.1, 0.15) is 21.5 Å². The van der Waals surface area contributed by atoms with Crippen molar-refractivity contribution in [2.45, 2.75) is 6.42 Å². The molecule has 0 saturated carbocycles. The van der Waals surface area contributed by atoms with Crippen LogP contribution in [0.3, 0.4) is 0 Å². The average molecular weight is 293 g/mol. The molecule has 0 radical (unpaired) electrons. The zero-order chi connectivity index (χ0) is 15.7. The molecule has 4 N–H and O–H groups in total. The van der Waals surface area contributed by atoms with E-state index in [1.165, 1.54) is 6.07 Å². The van der Waals surface area contributed by atoms with Gasteiger partial charge in [0.2, 0.25) is 0 Å². The maximum absolute atomic E-state index is 11.3. The lowest BCUT2D eigenvalue weighted by atomic mass is 9.99. The van der Waals surface area contributed by atoms with Gasteiger partial charge < -0.3 is 15.9 Å². The number of phenolic OH excluding ortho intramolecular Hbond substituents is 1. The molecule has 0 aliphatic carbocycles. The van der Waals surface area contributed by atoms with Gasteiger partial charge in [-0.2, -0.15) is 0 Å². The van der Waals surface area contributed by atoms with Crippen LogP contribution in [-0.4, -0.2) is 16.1 Å². The van der Waals surface area contributed by atoms with Crippen LogP contribution in [0.15, 0.2) is 54.6 Å². The highest BCUT2D eigenvalue weighted by Crippen LogP contribution is 2.26. The van der Waals surface area contributed by atoms with E-state index in [0.29, 0.717) is 6.42 Å². The molecule has 4 nitrogen and oxygen atoms in total. The van der Waals surface area contributed by atoms with E-state index >= 15 is 0 Å². The Hall–Kier alpha value is -3.01. The maximum atomic E-state index is 11.3. The monoisotopic (exact) mass is 293 g/mol. The van der Waals surface area contributed by atoms with Crippen LogP contribution >= 0.6 is 0 Å². The third kappa shape index (κ3) is 2.72. The summed E-state index contributed by atoms with van der Waals surface area (Å²) in [6, 6.07) is 16.0. The first-order valence-corrected chi connectivity index (χ1v) is 6.86. The van der Waals surface area contributed by atoms with Crippen molar-refractivity contribution < 1.29 is 15.0 Å². The summed E-state index contributed by atoms with van der Waals surface area (Å²) in [5.41, 5.74) is 7.40. The predicted octanol–water partition coefficient (Wildman–Crippen LogP) is 2.94. The molecule has 0 unspecified atom stereocenters. The van der Waals surface area contributed by atoms with Crippen molar-refractivity contribution in [2.24, 2.45) is 5.73 Å². The van der Waals surface area contributed by atoms with Gasteiger partial charge in [0.25, 0.3) is 5.91 Å². The number of benzene rings is 3. The summed E-state index contributed by atoms with van der Waals surface area (Å²) in [5.74, 6) is -0.530. The van der Waals surface area contributed by atoms with E-state index in [2.05, 4.69) is 0 Å². The summed E-state index contributed by atoms with van der Waals surface area (Å²) in [5, 5.41) is 21.0. The minimum Gasteiger partial charge on any atom is -0.508 e. The van der Waals surface area contributed by atoms with Crippen LogP contribution in [0, 0.1) is 0 Å². The molecule has 1 amide bonds. The van der Waals surface area contributed by atoms with Gasteiger partial charge in [-0.15, -0.1) is 0 Å². The molecule has 3 aromatic rings. The smallest absolute Gasteiger partial charge is 0.252 e. The lowest BCUT2D eigenvalue weighted by molar-refractivity contribution is 0.0998. The summed E-state index contributed by atoms with van der Waals surface area (Å²) < 4.78 is 0. The first-order valence-electron chi connectivity index (χ1n) is 6.86. The standard InChI is InChI=1S/C18H15NO3/c19-18(22)16-9-14-7-12(4-5-13(14)10-17(16)21)6-11-2-1-3-15(20)8-11/h1-5,7-10,20-21H,6H2,(H2,19,22).